The van der Waals surface area contributed by atoms with Crippen molar-refractivity contribution < 1.29 is 23.5 Å². The number of furan rings is 1. The first-order chi connectivity index (χ1) is 14.4. The van der Waals surface area contributed by atoms with Crippen LogP contribution in [0.25, 0.3) is 6.08 Å². The molecule has 6 nitrogen and oxygen atoms in total. The Hall–Kier alpha value is -3.45. The lowest BCUT2D eigenvalue weighted by Gasteiger charge is -2.17. The Morgan fingerprint density at radius 1 is 1.03 bits per heavy atom. The number of carbonyl (C=O) groups excluding carboxylic acids is 3. The van der Waals surface area contributed by atoms with E-state index in [4.69, 9.17) is 9.15 Å². The predicted molar refractivity (Wildman–Crippen MR) is 116 cm³/mol. The van der Waals surface area contributed by atoms with Crippen LogP contribution in [0.4, 0.5) is 5.69 Å². The molecular formula is C23H18BrNO5. The maximum Gasteiger partial charge on any atom is 0.332 e. The maximum absolute atomic E-state index is 12.9. The molecule has 0 bridgehead atoms. The van der Waals surface area contributed by atoms with Gasteiger partial charge in [0.25, 0.3) is 5.91 Å². The van der Waals surface area contributed by atoms with Gasteiger partial charge in [-0.05, 0) is 53.2 Å². The molecule has 1 atom stereocenters. The second-order valence-corrected chi connectivity index (χ2v) is 7.11. The molecule has 0 aliphatic heterocycles. The highest BCUT2D eigenvalue weighted by atomic mass is 79.9. The molecule has 0 aliphatic carbocycles. The first-order valence-electron chi connectivity index (χ1n) is 9.03. The fraction of sp³-hybridized carbons (Fsp3) is 0.0870. The molecule has 1 heterocycles. The van der Waals surface area contributed by atoms with Gasteiger partial charge in [-0.15, -0.1) is 0 Å². The predicted octanol–water partition coefficient (Wildman–Crippen LogP) is 5.18. The van der Waals surface area contributed by atoms with E-state index in [-0.39, 0.29) is 5.78 Å². The Morgan fingerprint density at radius 3 is 2.47 bits per heavy atom. The summed E-state index contributed by atoms with van der Waals surface area (Å²) in [4.78, 5) is 36.8. The van der Waals surface area contributed by atoms with Crippen LogP contribution in [-0.2, 0) is 14.3 Å². The number of rotatable bonds is 7. The van der Waals surface area contributed by atoms with E-state index < -0.39 is 18.0 Å². The van der Waals surface area contributed by atoms with Crippen molar-refractivity contribution in [1.29, 1.82) is 0 Å². The molecule has 30 heavy (non-hydrogen) atoms. The van der Waals surface area contributed by atoms with Crippen LogP contribution < -0.4 is 5.32 Å². The largest absolute Gasteiger partial charge is 0.450 e. The summed E-state index contributed by atoms with van der Waals surface area (Å²) < 4.78 is 11.2. The smallest absolute Gasteiger partial charge is 0.332 e. The normalized spacial score (nSPS) is 11.8. The molecule has 1 amide bonds. The lowest BCUT2D eigenvalue weighted by molar-refractivity contribution is -0.149. The van der Waals surface area contributed by atoms with Crippen molar-refractivity contribution >= 4 is 45.4 Å². The van der Waals surface area contributed by atoms with Gasteiger partial charge in [0.1, 0.15) is 5.76 Å². The molecule has 0 saturated heterocycles. The van der Waals surface area contributed by atoms with Gasteiger partial charge in [-0.1, -0.05) is 42.5 Å². The number of amides is 1. The fourth-order valence-electron chi connectivity index (χ4n) is 2.65. The Morgan fingerprint density at radius 2 is 1.80 bits per heavy atom. The van der Waals surface area contributed by atoms with Crippen molar-refractivity contribution in [3.05, 3.63) is 94.4 Å². The molecule has 0 fully saturated rings. The molecule has 2 aromatic carbocycles. The van der Waals surface area contributed by atoms with Crippen LogP contribution in [0.3, 0.4) is 0 Å². The first-order valence-corrected chi connectivity index (χ1v) is 9.82. The topological polar surface area (TPSA) is 85.6 Å². The van der Waals surface area contributed by atoms with Crippen LogP contribution in [0.15, 0.2) is 81.9 Å². The molecular weight excluding hydrogens is 450 g/mol. The number of carbonyl (C=O) groups is 3. The molecule has 0 spiro atoms. The number of benzene rings is 2. The quantitative estimate of drug-likeness (QED) is 0.293. The van der Waals surface area contributed by atoms with E-state index in [9.17, 15) is 14.4 Å². The molecule has 0 saturated carbocycles. The van der Waals surface area contributed by atoms with E-state index >= 15 is 0 Å². The zero-order valence-electron chi connectivity index (χ0n) is 16.0. The van der Waals surface area contributed by atoms with Gasteiger partial charge >= 0.3 is 5.97 Å². The van der Waals surface area contributed by atoms with Gasteiger partial charge in [-0.2, -0.15) is 0 Å². The minimum Gasteiger partial charge on any atom is -0.450 e. The molecule has 0 aliphatic rings. The Labute approximate surface area is 181 Å². The van der Waals surface area contributed by atoms with Gasteiger partial charge < -0.3 is 14.5 Å². The summed E-state index contributed by atoms with van der Waals surface area (Å²) in [5.41, 5.74) is 1.41. The van der Waals surface area contributed by atoms with Crippen molar-refractivity contribution in [3.8, 4) is 0 Å². The average molecular weight is 468 g/mol. The Balaban J connectivity index is 1.77. The van der Waals surface area contributed by atoms with Gasteiger partial charge in [0.15, 0.2) is 10.5 Å². The van der Waals surface area contributed by atoms with Crippen molar-refractivity contribution in [2.45, 2.75) is 13.0 Å². The Kier molecular flexibility index (Phi) is 6.98. The van der Waals surface area contributed by atoms with Crippen LogP contribution in [0, 0.1) is 0 Å². The van der Waals surface area contributed by atoms with Crippen molar-refractivity contribution in [2.24, 2.45) is 0 Å². The number of ketones is 1. The minimum absolute atomic E-state index is 0.119. The number of esters is 1. The van der Waals surface area contributed by atoms with Crippen LogP contribution in [-0.4, -0.2) is 17.7 Å². The van der Waals surface area contributed by atoms with Crippen LogP contribution >= 0.6 is 15.9 Å². The maximum atomic E-state index is 12.9. The molecule has 1 aromatic heterocycles. The molecule has 7 heteroatoms. The van der Waals surface area contributed by atoms with E-state index in [0.29, 0.717) is 27.2 Å². The van der Waals surface area contributed by atoms with Crippen LogP contribution in [0.5, 0.6) is 0 Å². The lowest BCUT2D eigenvalue weighted by Crippen LogP contribution is -2.25. The number of ether oxygens (including phenoxy) is 1. The third-order valence-electron chi connectivity index (χ3n) is 4.09. The van der Waals surface area contributed by atoms with Gasteiger partial charge in [0, 0.05) is 22.9 Å². The zero-order chi connectivity index (χ0) is 21.5. The third-order valence-corrected chi connectivity index (χ3v) is 4.51. The van der Waals surface area contributed by atoms with Gasteiger partial charge in [-0.3, -0.25) is 9.59 Å². The number of hydrogen-bond acceptors (Lipinski definition) is 5. The minimum atomic E-state index is -1.17. The first kappa shape index (κ1) is 21.3. The highest BCUT2D eigenvalue weighted by Crippen LogP contribution is 2.22. The second kappa shape index (κ2) is 9.84. The summed E-state index contributed by atoms with van der Waals surface area (Å²) in [6.07, 6.45) is 1.46. The van der Waals surface area contributed by atoms with Gasteiger partial charge in [0.05, 0.1) is 0 Å². The van der Waals surface area contributed by atoms with Gasteiger partial charge in [0.2, 0.25) is 6.10 Å². The van der Waals surface area contributed by atoms with E-state index in [1.807, 2.05) is 0 Å². The van der Waals surface area contributed by atoms with Crippen molar-refractivity contribution in [2.75, 3.05) is 5.32 Å². The Bertz CT molecular complexity index is 1090. The molecule has 152 valence electrons. The standard InChI is InChI=1S/C23H18BrNO5/c1-15(26)17-8-5-9-18(14-17)25-23(28)22(16-6-3-2-4-7-16)30-21(27)13-11-19-10-12-20(24)29-19/h2-14,22H,1H3,(H,25,28)/b13-11+/t22-/m0/s1. The monoisotopic (exact) mass is 467 g/mol. The SMILES string of the molecule is CC(=O)c1cccc(NC(=O)[C@@H](OC(=O)/C=C/c2ccc(Br)o2)c2ccccc2)c1. The van der Waals surface area contributed by atoms with E-state index in [1.165, 1.54) is 19.1 Å². The summed E-state index contributed by atoms with van der Waals surface area (Å²) in [5.74, 6) is -0.902. The lowest BCUT2D eigenvalue weighted by atomic mass is 10.1. The number of halogens is 1. The summed E-state index contributed by atoms with van der Waals surface area (Å²) in [5, 5.41) is 2.70. The number of Topliss-reactive ketones (excluding diaryl/α,β-unsaturated/α-hetero) is 1. The fourth-order valence-corrected chi connectivity index (χ4v) is 2.97. The molecule has 1 N–H and O–H groups in total. The molecule has 0 unspecified atom stereocenters. The van der Waals surface area contributed by atoms with Crippen LogP contribution in [0.2, 0.25) is 0 Å². The average Bonchev–Trinajstić information content (AvgIpc) is 3.16. The summed E-state index contributed by atoms with van der Waals surface area (Å²) in [6.45, 7) is 1.44. The summed E-state index contributed by atoms with van der Waals surface area (Å²) in [6, 6.07) is 18.6. The number of nitrogens with one attached hydrogen (secondary N) is 1. The van der Waals surface area contributed by atoms with E-state index in [2.05, 4.69) is 21.2 Å². The summed E-state index contributed by atoms with van der Waals surface area (Å²) in [7, 11) is 0. The number of anilines is 1. The van der Waals surface area contributed by atoms with Crippen molar-refractivity contribution in [3.63, 3.8) is 0 Å². The second-order valence-electron chi connectivity index (χ2n) is 6.33. The molecule has 3 rings (SSSR count). The van der Waals surface area contributed by atoms with E-state index in [0.717, 1.165) is 0 Å². The van der Waals surface area contributed by atoms with Gasteiger partial charge in [-0.25, -0.2) is 4.79 Å². The molecule has 0 radical (unpaired) electrons. The third kappa shape index (κ3) is 5.78. The summed E-state index contributed by atoms with van der Waals surface area (Å²) >= 11 is 3.18. The zero-order valence-corrected chi connectivity index (χ0v) is 17.6. The highest BCUT2D eigenvalue weighted by Gasteiger charge is 2.24. The number of hydrogen-bond donors (Lipinski definition) is 1. The molecule has 3 aromatic rings. The van der Waals surface area contributed by atoms with E-state index in [1.54, 1.807) is 66.7 Å². The van der Waals surface area contributed by atoms with Crippen LogP contribution in [0.1, 0.15) is 34.7 Å². The highest BCUT2D eigenvalue weighted by molar-refractivity contribution is 9.10. The van der Waals surface area contributed by atoms with Crippen molar-refractivity contribution in [1.82, 2.24) is 0 Å².